The molecule has 4 aromatic rings. The van der Waals surface area contributed by atoms with Crippen LogP contribution in [0.4, 0.5) is 10.1 Å². The zero-order valence-electron chi connectivity index (χ0n) is 14.7. The highest BCUT2D eigenvalue weighted by Gasteiger charge is 2.16. The Bertz CT molecular complexity index is 1260. The molecule has 0 radical (unpaired) electrons. The first-order valence-corrected chi connectivity index (χ1v) is 8.39. The summed E-state index contributed by atoms with van der Waals surface area (Å²) in [6.45, 7) is 1.83. The molecule has 8 nitrogen and oxygen atoms in total. The van der Waals surface area contributed by atoms with Gasteiger partial charge in [0.25, 0.3) is 11.2 Å². The van der Waals surface area contributed by atoms with Crippen molar-refractivity contribution >= 4 is 16.6 Å². The molecule has 0 amide bonds. The van der Waals surface area contributed by atoms with E-state index >= 15 is 0 Å². The van der Waals surface area contributed by atoms with Crippen molar-refractivity contribution in [3.8, 4) is 5.69 Å². The van der Waals surface area contributed by atoms with Crippen LogP contribution in [0.2, 0.25) is 0 Å². The van der Waals surface area contributed by atoms with E-state index in [9.17, 15) is 19.3 Å². The summed E-state index contributed by atoms with van der Waals surface area (Å²) in [7, 11) is 0. The highest BCUT2D eigenvalue weighted by Crippen LogP contribution is 2.18. The van der Waals surface area contributed by atoms with E-state index in [4.69, 9.17) is 0 Å². The van der Waals surface area contributed by atoms with Crippen LogP contribution >= 0.6 is 0 Å². The summed E-state index contributed by atoms with van der Waals surface area (Å²) in [5, 5.41) is 20.1. The molecule has 0 bridgehead atoms. The fourth-order valence-corrected chi connectivity index (χ4v) is 3.05. The third kappa shape index (κ3) is 3.02. The van der Waals surface area contributed by atoms with Gasteiger partial charge in [-0.1, -0.05) is 12.1 Å². The molecule has 0 fully saturated rings. The standard InChI is InChI=1S/C19H14FN5O3/c1-12-17-10-21-24(15-7-5-14(20)6-8-15)18(17)19(26)23(22-12)11-13-3-2-4-16(9-13)25(27)28/h2-10H,11H2,1H3. The average molecular weight is 379 g/mol. The van der Waals surface area contributed by atoms with Crippen molar-refractivity contribution in [2.45, 2.75) is 13.5 Å². The van der Waals surface area contributed by atoms with Crippen molar-refractivity contribution in [1.82, 2.24) is 19.6 Å². The second kappa shape index (κ2) is 6.69. The van der Waals surface area contributed by atoms with Crippen LogP contribution in [0.15, 0.2) is 59.5 Å². The molecule has 28 heavy (non-hydrogen) atoms. The maximum absolute atomic E-state index is 13.2. The van der Waals surface area contributed by atoms with Gasteiger partial charge in [0.1, 0.15) is 11.3 Å². The molecule has 0 unspecified atom stereocenters. The lowest BCUT2D eigenvalue weighted by molar-refractivity contribution is -0.384. The summed E-state index contributed by atoms with van der Waals surface area (Å²) in [5.41, 5.74) is 1.57. The molecule has 0 aliphatic heterocycles. The number of non-ortho nitro benzene ring substituents is 1. The fraction of sp³-hybridized carbons (Fsp3) is 0.105. The molecule has 0 aliphatic carbocycles. The number of hydrogen-bond acceptors (Lipinski definition) is 5. The molecular formula is C19H14FN5O3. The first-order chi connectivity index (χ1) is 13.4. The van der Waals surface area contributed by atoms with Gasteiger partial charge >= 0.3 is 0 Å². The third-order valence-electron chi connectivity index (χ3n) is 4.39. The van der Waals surface area contributed by atoms with Gasteiger partial charge in [0.05, 0.1) is 29.0 Å². The van der Waals surface area contributed by atoms with Gasteiger partial charge in [-0.3, -0.25) is 14.9 Å². The van der Waals surface area contributed by atoms with Crippen LogP contribution in [0.25, 0.3) is 16.6 Å². The number of benzene rings is 2. The first kappa shape index (κ1) is 17.5. The predicted octanol–water partition coefficient (Wildman–Crippen LogP) is 2.99. The molecule has 0 saturated heterocycles. The average Bonchev–Trinajstić information content (AvgIpc) is 3.12. The van der Waals surface area contributed by atoms with Gasteiger partial charge < -0.3 is 0 Å². The molecule has 0 N–H and O–H groups in total. The van der Waals surface area contributed by atoms with Crippen LogP contribution in [0.1, 0.15) is 11.3 Å². The van der Waals surface area contributed by atoms with Crippen LogP contribution in [0.5, 0.6) is 0 Å². The highest BCUT2D eigenvalue weighted by molar-refractivity contribution is 5.81. The Morgan fingerprint density at radius 3 is 2.64 bits per heavy atom. The Balaban J connectivity index is 1.84. The molecule has 2 aromatic carbocycles. The maximum atomic E-state index is 13.2. The van der Waals surface area contributed by atoms with Crippen molar-refractivity contribution in [2.24, 2.45) is 0 Å². The Kier molecular flexibility index (Phi) is 4.19. The zero-order valence-corrected chi connectivity index (χ0v) is 14.7. The van der Waals surface area contributed by atoms with E-state index in [1.807, 2.05) is 0 Å². The quantitative estimate of drug-likeness (QED) is 0.401. The fourth-order valence-electron chi connectivity index (χ4n) is 3.05. The van der Waals surface area contributed by atoms with E-state index in [-0.39, 0.29) is 18.0 Å². The van der Waals surface area contributed by atoms with Gasteiger partial charge in [-0.25, -0.2) is 13.8 Å². The van der Waals surface area contributed by atoms with Gasteiger partial charge in [0, 0.05) is 17.5 Å². The van der Waals surface area contributed by atoms with E-state index in [0.717, 1.165) is 0 Å². The number of nitro groups is 1. The Hall–Kier alpha value is -3.88. The van der Waals surface area contributed by atoms with Crippen molar-refractivity contribution in [3.05, 3.63) is 92.3 Å². The molecule has 0 atom stereocenters. The number of rotatable bonds is 4. The lowest BCUT2D eigenvalue weighted by Gasteiger charge is -2.09. The minimum absolute atomic E-state index is 0.0558. The monoisotopic (exact) mass is 379 g/mol. The third-order valence-corrected chi connectivity index (χ3v) is 4.39. The molecule has 2 heterocycles. The van der Waals surface area contributed by atoms with E-state index in [2.05, 4.69) is 10.2 Å². The number of aryl methyl sites for hydroxylation is 1. The summed E-state index contributed by atoms with van der Waals surface area (Å²) < 4.78 is 15.9. The highest BCUT2D eigenvalue weighted by atomic mass is 19.1. The number of fused-ring (bicyclic) bond motifs is 1. The largest absolute Gasteiger partial charge is 0.293 e. The summed E-state index contributed by atoms with van der Waals surface area (Å²) >= 11 is 0. The summed E-state index contributed by atoms with van der Waals surface area (Å²) in [4.78, 5) is 23.5. The molecule has 2 aromatic heterocycles. The van der Waals surface area contributed by atoms with Crippen molar-refractivity contribution < 1.29 is 9.31 Å². The molecule has 0 spiro atoms. The minimum atomic E-state index is -0.488. The van der Waals surface area contributed by atoms with Crippen molar-refractivity contribution in [1.29, 1.82) is 0 Å². The van der Waals surface area contributed by atoms with Crippen LogP contribution in [0, 0.1) is 22.9 Å². The van der Waals surface area contributed by atoms with E-state index in [1.165, 1.54) is 45.8 Å². The Morgan fingerprint density at radius 1 is 1.18 bits per heavy atom. The maximum Gasteiger partial charge on any atom is 0.293 e. The number of aromatic nitrogens is 4. The van der Waals surface area contributed by atoms with E-state index in [1.54, 1.807) is 25.3 Å². The SMILES string of the molecule is Cc1nn(Cc2cccc([N+](=O)[O-])c2)c(=O)c2c1cnn2-c1ccc(F)cc1. The van der Waals surface area contributed by atoms with Gasteiger partial charge in [-0.15, -0.1) is 0 Å². The predicted molar refractivity (Wildman–Crippen MR) is 100 cm³/mol. The summed E-state index contributed by atoms with van der Waals surface area (Å²) in [5.74, 6) is -0.388. The van der Waals surface area contributed by atoms with Crippen LogP contribution in [-0.2, 0) is 6.54 Å². The number of halogens is 1. The summed E-state index contributed by atoms with van der Waals surface area (Å²) in [6.07, 6.45) is 1.54. The Morgan fingerprint density at radius 2 is 1.93 bits per heavy atom. The molecular weight excluding hydrogens is 365 g/mol. The van der Waals surface area contributed by atoms with Crippen LogP contribution in [-0.4, -0.2) is 24.5 Å². The van der Waals surface area contributed by atoms with Crippen LogP contribution < -0.4 is 5.56 Å². The lowest BCUT2D eigenvalue weighted by Crippen LogP contribution is -2.26. The molecule has 0 saturated carbocycles. The van der Waals surface area contributed by atoms with Gasteiger partial charge in [0.15, 0.2) is 0 Å². The molecule has 9 heteroatoms. The number of nitrogens with zero attached hydrogens (tertiary/aromatic N) is 5. The van der Waals surface area contributed by atoms with Crippen molar-refractivity contribution in [2.75, 3.05) is 0 Å². The zero-order chi connectivity index (χ0) is 19.8. The second-order valence-corrected chi connectivity index (χ2v) is 6.27. The molecule has 0 aliphatic rings. The second-order valence-electron chi connectivity index (χ2n) is 6.27. The van der Waals surface area contributed by atoms with Gasteiger partial charge in [0.2, 0.25) is 0 Å². The summed E-state index contributed by atoms with van der Waals surface area (Å²) in [6, 6.07) is 11.7. The normalized spacial score (nSPS) is 11.1. The molecule has 4 rings (SSSR count). The van der Waals surface area contributed by atoms with Crippen molar-refractivity contribution in [3.63, 3.8) is 0 Å². The van der Waals surface area contributed by atoms with E-state index < -0.39 is 10.5 Å². The topological polar surface area (TPSA) is 95.8 Å². The Labute approximate surface area is 157 Å². The number of hydrogen-bond donors (Lipinski definition) is 0. The lowest BCUT2D eigenvalue weighted by atomic mass is 10.2. The smallest absolute Gasteiger partial charge is 0.265 e. The van der Waals surface area contributed by atoms with Crippen LogP contribution in [0.3, 0.4) is 0 Å². The minimum Gasteiger partial charge on any atom is -0.265 e. The van der Waals surface area contributed by atoms with E-state index in [0.29, 0.717) is 27.8 Å². The van der Waals surface area contributed by atoms with Gasteiger partial charge in [-0.05, 0) is 36.8 Å². The number of nitro benzene ring substituents is 1. The van der Waals surface area contributed by atoms with Gasteiger partial charge in [-0.2, -0.15) is 10.2 Å². The first-order valence-electron chi connectivity index (χ1n) is 8.39. The molecule has 140 valence electrons.